The molecule has 124 valence electrons. The molecule has 0 N–H and O–H groups in total. The molecule has 1 heterocycles. The van der Waals surface area contributed by atoms with Crippen molar-refractivity contribution in [1.29, 1.82) is 0 Å². The summed E-state index contributed by atoms with van der Waals surface area (Å²) < 4.78 is 56.1. The molecule has 24 heavy (non-hydrogen) atoms. The Labute approximate surface area is 134 Å². The maximum absolute atomic E-state index is 14.1. The molecule has 3 aromatic rings. The van der Waals surface area contributed by atoms with Crippen LogP contribution in [0.2, 0.25) is 0 Å². The molecule has 1 aromatic heterocycles. The van der Waals surface area contributed by atoms with Crippen molar-refractivity contribution in [3.63, 3.8) is 0 Å². The average Bonchev–Trinajstić information content (AvgIpc) is 2.56. The number of rotatable bonds is 3. The fraction of sp³-hybridized carbons (Fsp3) is 0.118. The van der Waals surface area contributed by atoms with Crippen LogP contribution >= 0.6 is 0 Å². The molecule has 0 aliphatic carbocycles. The van der Waals surface area contributed by atoms with E-state index in [4.69, 9.17) is 13.9 Å². The van der Waals surface area contributed by atoms with Crippen LogP contribution < -0.4 is 15.1 Å². The fourth-order valence-corrected chi connectivity index (χ4v) is 2.44. The Morgan fingerprint density at radius 2 is 1.42 bits per heavy atom. The molecule has 0 spiro atoms. The first-order valence-corrected chi connectivity index (χ1v) is 6.79. The van der Waals surface area contributed by atoms with Gasteiger partial charge in [0.15, 0.2) is 23.1 Å². The number of ether oxygens (including phenoxy) is 2. The Bertz CT molecular complexity index is 995. The summed E-state index contributed by atoms with van der Waals surface area (Å²) in [4.78, 5) is 11.8. The van der Waals surface area contributed by atoms with E-state index in [0.29, 0.717) is 23.6 Å². The van der Waals surface area contributed by atoms with Crippen molar-refractivity contribution >= 4 is 11.0 Å². The summed E-state index contributed by atoms with van der Waals surface area (Å²) in [6, 6.07) is 4.98. The van der Waals surface area contributed by atoms with E-state index >= 15 is 0 Å². The minimum absolute atomic E-state index is 0.0543. The van der Waals surface area contributed by atoms with Gasteiger partial charge in [-0.1, -0.05) is 0 Å². The van der Waals surface area contributed by atoms with Gasteiger partial charge in [0, 0.05) is 34.7 Å². The zero-order valence-corrected chi connectivity index (χ0v) is 12.7. The first-order valence-electron chi connectivity index (χ1n) is 6.79. The molecule has 2 aromatic carbocycles. The van der Waals surface area contributed by atoms with Crippen molar-refractivity contribution in [2.24, 2.45) is 0 Å². The summed E-state index contributed by atoms with van der Waals surface area (Å²) in [6.45, 7) is 0. The zero-order chi connectivity index (χ0) is 17.4. The molecule has 0 fully saturated rings. The van der Waals surface area contributed by atoms with E-state index in [0.717, 1.165) is 6.07 Å². The summed E-state index contributed by atoms with van der Waals surface area (Å²) in [5, 5.41) is 0.289. The van der Waals surface area contributed by atoms with Gasteiger partial charge in [-0.2, -0.15) is 0 Å². The summed E-state index contributed by atoms with van der Waals surface area (Å²) in [5.74, 6) is -2.94. The van der Waals surface area contributed by atoms with Crippen molar-refractivity contribution in [2.75, 3.05) is 14.2 Å². The highest BCUT2D eigenvalue weighted by Crippen LogP contribution is 2.37. The quantitative estimate of drug-likeness (QED) is 0.538. The molecular formula is C17H11F3O4. The second-order valence-electron chi connectivity index (χ2n) is 4.93. The number of halogens is 3. The Morgan fingerprint density at radius 1 is 0.792 bits per heavy atom. The van der Waals surface area contributed by atoms with E-state index in [1.807, 2.05) is 0 Å². The van der Waals surface area contributed by atoms with E-state index < -0.39 is 23.1 Å². The first kappa shape index (κ1) is 15.9. The van der Waals surface area contributed by atoms with E-state index in [2.05, 4.69) is 0 Å². The van der Waals surface area contributed by atoms with Gasteiger partial charge in [0.1, 0.15) is 11.4 Å². The number of methoxy groups -OCH3 is 2. The maximum atomic E-state index is 14.1. The number of hydrogen-bond donors (Lipinski definition) is 0. The number of fused-ring (bicyclic) bond motifs is 1. The molecule has 0 aliphatic heterocycles. The SMILES string of the molecule is COc1cc2oc(=O)cc(-c3cc(F)c(F)cc3F)c2cc1OC. The van der Waals surface area contributed by atoms with Crippen LogP contribution in [-0.4, -0.2) is 14.2 Å². The molecular weight excluding hydrogens is 325 g/mol. The van der Waals surface area contributed by atoms with Gasteiger partial charge in [-0.25, -0.2) is 18.0 Å². The first-order chi connectivity index (χ1) is 11.4. The van der Waals surface area contributed by atoms with Crippen LogP contribution in [0.5, 0.6) is 11.5 Å². The van der Waals surface area contributed by atoms with Crippen LogP contribution in [-0.2, 0) is 0 Å². The third-order valence-electron chi connectivity index (χ3n) is 3.55. The van der Waals surface area contributed by atoms with Gasteiger partial charge >= 0.3 is 5.63 Å². The largest absolute Gasteiger partial charge is 0.493 e. The Kier molecular flexibility index (Phi) is 3.92. The summed E-state index contributed by atoms with van der Waals surface area (Å²) in [5.41, 5.74) is -0.884. The lowest BCUT2D eigenvalue weighted by Gasteiger charge is -2.11. The van der Waals surface area contributed by atoms with Crippen molar-refractivity contribution < 1.29 is 27.1 Å². The van der Waals surface area contributed by atoms with Crippen LogP contribution in [0, 0.1) is 17.5 Å². The van der Waals surface area contributed by atoms with Gasteiger partial charge in [-0.15, -0.1) is 0 Å². The van der Waals surface area contributed by atoms with Gasteiger partial charge < -0.3 is 13.9 Å². The molecule has 3 rings (SSSR count). The smallest absolute Gasteiger partial charge is 0.336 e. The summed E-state index contributed by atoms with van der Waals surface area (Å²) in [7, 11) is 2.81. The molecule has 0 unspecified atom stereocenters. The average molecular weight is 336 g/mol. The lowest BCUT2D eigenvalue weighted by atomic mass is 10.0. The van der Waals surface area contributed by atoms with E-state index in [1.165, 1.54) is 26.4 Å². The molecule has 0 amide bonds. The maximum Gasteiger partial charge on any atom is 0.336 e. The normalized spacial score (nSPS) is 10.9. The predicted octanol–water partition coefficient (Wildman–Crippen LogP) is 3.89. The van der Waals surface area contributed by atoms with Crippen LogP contribution in [0.4, 0.5) is 13.2 Å². The molecule has 0 bridgehead atoms. The van der Waals surface area contributed by atoms with Crippen LogP contribution in [0.15, 0.2) is 39.5 Å². The molecule has 0 radical (unpaired) electrons. The van der Waals surface area contributed by atoms with E-state index in [-0.39, 0.29) is 22.1 Å². The standard InChI is InChI=1S/C17H11F3O4/c1-22-15-4-10-8(9-3-12(19)13(20)6-11(9)18)5-17(21)24-14(10)7-16(15)23-2/h3-7H,1-2H3. The lowest BCUT2D eigenvalue weighted by Crippen LogP contribution is -2.01. The molecule has 0 aliphatic rings. The summed E-state index contributed by atoms with van der Waals surface area (Å²) in [6.07, 6.45) is 0. The summed E-state index contributed by atoms with van der Waals surface area (Å²) >= 11 is 0. The minimum Gasteiger partial charge on any atom is -0.493 e. The lowest BCUT2D eigenvalue weighted by molar-refractivity contribution is 0.355. The van der Waals surface area contributed by atoms with Gasteiger partial charge in [-0.05, 0) is 12.1 Å². The molecule has 4 nitrogen and oxygen atoms in total. The highest BCUT2D eigenvalue weighted by molar-refractivity contribution is 5.95. The van der Waals surface area contributed by atoms with Gasteiger partial charge in [-0.3, -0.25) is 0 Å². The van der Waals surface area contributed by atoms with Crippen LogP contribution in [0.3, 0.4) is 0 Å². The molecule has 7 heteroatoms. The Hall–Kier alpha value is -2.96. The minimum atomic E-state index is -1.32. The predicted molar refractivity (Wildman–Crippen MR) is 80.9 cm³/mol. The van der Waals surface area contributed by atoms with Crippen molar-refractivity contribution in [3.8, 4) is 22.6 Å². The van der Waals surface area contributed by atoms with Gasteiger partial charge in [0.05, 0.1) is 14.2 Å². The Morgan fingerprint density at radius 3 is 2.08 bits per heavy atom. The number of benzene rings is 2. The van der Waals surface area contributed by atoms with Crippen molar-refractivity contribution in [2.45, 2.75) is 0 Å². The second kappa shape index (κ2) is 5.92. The fourth-order valence-electron chi connectivity index (χ4n) is 2.44. The van der Waals surface area contributed by atoms with E-state index in [9.17, 15) is 18.0 Å². The number of hydrogen-bond acceptors (Lipinski definition) is 4. The molecule has 0 atom stereocenters. The van der Waals surface area contributed by atoms with Crippen LogP contribution in [0.25, 0.3) is 22.1 Å². The Balaban J connectivity index is 2.40. The highest BCUT2D eigenvalue weighted by Gasteiger charge is 2.18. The highest BCUT2D eigenvalue weighted by atomic mass is 19.2. The molecule has 0 saturated carbocycles. The van der Waals surface area contributed by atoms with Gasteiger partial charge in [0.25, 0.3) is 0 Å². The van der Waals surface area contributed by atoms with Crippen molar-refractivity contribution in [1.82, 2.24) is 0 Å². The van der Waals surface area contributed by atoms with Gasteiger partial charge in [0.2, 0.25) is 0 Å². The second-order valence-corrected chi connectivity index (χ2v) is 4.93. The third kappa shape index (κ3) is 2.58. The molecule has 0 saturated heterocycles. The van der Waals surface area contributed by atoms with Crippen LogP contribution in [0.1, 0.15) is 0 Å². The zero-order valence-electron chi connectivity index (χ0n) is 12.7. The topological polar surface area (TPSA) is 48.7 Å². The third-order valence-corrected chi connectivity index (χ3v) is 3.55. The van der Waals surface area contributed by atoms with E-state index in [1.54, 1.807) is 0 Å². The monoisotopic (exact) mass is 336 g/mol. The van der Waals surface area contributed by atoms with Crippen molar-refractivity contribution in [3.05, 3.63) is 58.2 Å².